The highest BCUT2D eigenvalue weighted by Gasteiger charge is 2.59. The zero-order valence-electron chi connectivity index (χ0n) is 12.9. The fourth-order valence-electron chi connectivity index (χ4n) is 3.66. The van der Waals surface area contributed by atoms with Gasteiger partial charge in [-0.15, -0.1) is 0 Å². The van der Waals surface area contributed by atoms with Gasteiger partial charge in [-0.25, -0.2) is 4.39 Å². The van der Waals surface area contributed by atoms with E-state index in [1.54, 1.807) is 30.9 Å². The molecule has 1 aromatic carbocycles. The summed E-state index contributed by atoms with van der Waals surface area (Å²) >= 11 is 0. The van der Waals surface area contributed by atoms with Gasteiger partial charge in [0.05, 0.1) is 5.92 Å². The van der Waals surface area contributed by atoms with Gasteiger partial charge in [0.15, 0.2) is 0 Å². The molecule has 0 aromatic heterocycles. The lowest BCUT2D eigenvalue weighted by molar-refractivity contribution is -0.139. The number of amides is 1. The van der Waals surface area contributed by atoms with Crippen LogP contribution in [-0.2, 0) is 4.79 Å². The van der Waals surface area contributed by atoms with E-state index in [2.05, 4.69) is 0 Å². The summed E-state index contributed by atoms with van der Waals surface area (Å²) in [6.45, 7) is 4.48. The summed E-state index contributed by atoms with van der Waals surface area (Å²) < 4.78 is 13.7. The number of nitrogens with zero attached hydrogens (tertiary/aromatic N) is 1. The van der Waals surface area contributed by atoms with Crippen LogP contribution in [0.25, 0.3) is 0 Å². The van der Waals surface area contributed by atoms with Crippen molar-refractivity contribution in [1.29, 1.82) is 0 Å². The average molecular weight is 305 g/mol. The minimum Gasteiger partial charge on any atom is -0.481 e. The number of rotatable bonds is 2. The third-order valence-corrected chi connectivity index (χ3v) is 5.22. The van der Waals surface area contributed by atoms with Crippen LogP contribution in [0.15, 0.2) is 12.1 Å². The molecule has 4 nitrogen and oxygen atoms in total. The summed E-state index contributed by atoms with van der Waals surface area (Å²) in [7, 11) is 0. The van der Waals surface area contributed by atoms with Gasteiger partial charge in [-0.3, -0.25) is 9.59 Å². The first-order valence-corrected chi connectivity index (χ1v) is 7.63. The van der Waals surface area contributed by atoms with Crippen molar-refractivity contribution in [2.75, 3.05) is 13.1 Å². The monoisotopic (exact) mass is 305 g/mol. The quantitative estimate of drug-likeness (QED) is 0.914. The molecule has 1 atom stereocenters. The van der Waals surface area contributed by atoms with Crippen LogP contribution in [0.5, 0.6) is 0 Å². The Labute approximate surface area is 128 Å². The molecule has 118 valence electrons. The Balaban J connectivity index is 1.69. The maximum Gasteiger partial charge on any atom is 0.307 e. The number of halogens is 1. The van der Waals surface area contributed by atoms with Crippen LogP contribution >= 0.6 is 0 Å². The number of aryl methyl sites for hydroxylation is 2. The SMILES string of the molecule is Cc1cc(C(=O)N2CCC3(CC2)CC3C(=O)O)cc(C)c1F. The number of benzene rings is 1. The lowest BCUT2D eigenvalue weighted by Crippen LogP contribution is -2.40. The molecule has 0 radical (unpaired) electrons. The number of carbonyl (C=O) groups is 2. The van der Waals surface area contributed by atoms with Crippen molar-refractivity contribution in [3.63, 3.8) is 0 Å². The van der Waals surface area contributed by atoms with E-state index in [1.165, 1.54) is 0 Å². The zero-order valence-corrected chi connectivity index (χ0v) is 12.9. The number of hydrogen-bond acceptors (Lipinski definition) is 2. The molecule has 1 N–H and O–H groups in total. The lowest BCUT2D eigenvalue weighted by atomic mass is 9.90. The summed E-state index contributed by atoms with van der Waals surface area (Å²) in [5, 5.41) is 9.09. The van der Waals surface area contributed by atoms with E-state index in [0.717, 1.165) is 19.3 Å². The van der Waals surface area contributed by atoms with E-state index in [4.69, 9.17) is 5.11 Å². The van der Waals surface area contributed by atoms with Crippen LogP contribution in [-0.4, -0.2) is 35.0 Å². The molecule has 1 amide bonds. The van der Waals surface area contributed by atoms with Crippen LogP contribution in [0.2, 0.25) is 0 Å². The van der Waals surface area contributed by atoms with E-state index in [9.17, 15) is 14.0 Å². The summed E-state index contributed by atoms with van der Waals surface area (Å²) in [6, 6.07) is 3.18. The van der Waals surface area contributed by atoms with Crippen LogP contribution in [0, 0.1) is 31.0 Å². The number of likely N-dealkylation sites (tertiary alicyclic amines) is 1. The molecule has 3 rings (SSSR count). The first kappa shape index (κ1) is 15.0. The Kier molecular flexibility index (Phi) is 3.46. The zero-order chi connectivity index (χ0) is 16.1. The molecule has 0 bridgehead atoms. The number of hydrogen-bond donors (Lipinski definition) is 1. The maximum atomic E-state index is 13.7. The van der Waals surface area contributed by atoms with E-state index in [-0.39, 0.29) is 23.1 Å². The van der Waals surface area contributed by atoms with Gasteiger partial charge in [-0.1, -0.05) is 0 Å². The molecule has 1 aliphatic heterocycles. The first-order valence-electron chi connectivity index (χ1n) is 7.63. The molecule has 22 heavy (non-hydrogen) atoms. The second kappa shape index (κ2) is 5.07. The fraction of sp³-hybridized carbons (Fsp3) is 0.529. The predicted octanol–water partition coefficient (Wildman–Crippen LogP) is 2.77. The van der Waals surface area contributed by atoms with Crippen molar-refractivity contribution in [2.24, 2.45) is 11.3 Å². The highest BCUT2D eigenvalue weighted by molar-refractivity contribution is 5.94. The van der Waals surface area contributed by atoms with Crippen LogP contribution in [0.4, 0.5) is 4.39 Å². The van der Waals surface area contributed by atoms with Gasteiger partial charge in [0.25, 0.3) is 5.91 Å². The summed E-state index contributed by atoms with van der Waals surface area (Å²) in [5.74, 6) is -1.31. The van der Waals surface area contributed by atoms with Gasteiger partial charge in [0, 0.05) is 18.7 Å². The van der Waals surface area contributed by atoms with Crippen LogP contribution in [0.3, 0.4) is 0 Å². The van der Waals surface area contributed by atoms with Gasteiger partial charge in [-0.2, -0.15) is 0 Å². The number of carboxylic acid groups (broad SMARTS) is 1. The number of carboxylic acids is 1. The number of aliphatic carboxylic acids is 1. The van der Waals surface area contributed by atoms with Gasteiger partial charge in [-0.05, 0) is 61.8 Å². The summed E-state index contributed by atoms with van der Waals surface area (Å²) in [4.78, 5) is 25.4. The molecule has 1 aliphatic carbocycles. The highest BCUT2D eigenvalue weighted by atomic mass is 19.1. The van der Waals surface area contributed by atoms with Crippen molar-refractivity contribution in [2.45, 2.75) is 33.1 Å². The Morgan fingerprint density at radius 1 is 1.23 bits per heavy atom. The van der Waals surface area contributed by atoms with Gasteiger partial charge in [0.2, 0.25) is 0 Å². The third kappa shape index (κ3) is 2.38. The number of carbonyl (C=O) groups excluding carboxylic acids is 1. The summed E-state index contributed by atoms with van der Waals surface area (Å²) in [6.07, 6.45) is 2.23. The minimum atomic E-state index is -0.718. The predicted molar refractivity (Wildman–Crippen MR) is 79.2 cm³/mol. The smallest absolute Gasteiger partial charge is 0.307 e. The van der Waals surface area contributed by atoms with E-state index < -0.39 is 5.97 Å². The van der Waals surface area contributed by atoms with E-state index >= 15 is 0 Å². The van der Waals surface area contributed by atoms with Gasteiger partial charge >= 0.3 is 5.97 Å². The number of piperidine rings is 1. The molecule has 1 aromatic rings. The topological polar surface area (TPSA) is 57.6 Å². The Hall–Kier alpha value is -1.91. The van der Waals surface area contributed by atoms with Crippen molar-refractivity contribution in [3.8, 4) is 0 Å². The average Bonchev–Trinajstić information content (AvgIpc) is 3.18. The molecule has 1 saturated heterocycles. The summed E-state index contributed by atoms with van der Waals surface area (Å²) in [5.41, 5.74) is 1.38. The molecule has 2 fully saturated rings. The van der Waals surface area contributed by atoms with Crippen molar-refractivity contribution < 1.29 is 19.1 Å². The van der Waals surface area contributed by atoms with Crippen molar-refractivity contribution in [1.82, 2.24) is 4.90 Å². The molecule has 1 saturated carbocycles. The Bertz CT molecular complexity index is 624. The lowest BCUT2D eigenvalue weighted by Gasteiger charge is -2.32. The molecule has 1 heterocycles. The molecule has 1 unspecified atom stereocenters. The maximum absolute atomic E-state index is 13.7. The standard InChI is InChI=1S/C17H20FNO3/c1-10-7-12(8-11(2)14(10)18)15(20)19-5-3-17(4-6-19)9-13(17)16(21)22/h7-8,13H,3-6,9H2,1-2H3,(H,21,22). The van der Waals surface area contributed by atoms with Crippen molar-refractivity contribution >= 4 is 11.9 Å². The Morgan fingerprint density at radius 2 is 1.77 bits per heavy atom. The second-order valence-corrected chi connectivity index (χ2v) is 6.67. The molecular formula is C17H20FNO3. The van der Waals surface area contributed by atoms with Crippen LogP contribution < -0.4 is 0 Å². The highest BCUT2D eigenvalue weighted by Crippen LogP contribution is 2.59. The second-order valence-electron chi connectivity index (χ2n) is 6.67. The Morgan fingerprint density at radius 3 is 2.23 bits per heavy atom. The normalized spacial score (nSPS) is 22.7. The van der Waals surface area contributed by atoms with E-state index in [0.29, 0.717) is 29.8 Å². The molecular weight excluding hydrogens is 285 g/mol. The van der Waals surface area contributed by atoms with Gasteiger partial charge in [0.1, 0.15) is 5.82 Å². The van der Waals surface area contributed by atoms with E-state index in [1.807, 2.05) is 0 Å². The third-order valence-electron chi connectivity index (χ3n) is 5.22. The largest absolute Gasteiger partial charge is 0.481 e. The molecule has 2 aliphatic rings. The minimum absolute atomic E-state index is 0.0861. The van der Waals surface area contributed by atoms with Crippen LogP contribution in [0.1, 0.15) is 40.7 Å². The molecule has 5 heteroatoms. The fourth-order valence-corrected chi connectivity index (χ4v) is 3.66. The van der Waals surface area contributed by atoms with Gasteiger partial charge < -0.3 is 10.0 Å². The molecule has 1 spiro atoms. The van der Waals surface area contributed by atoms with Crippen molar-refractivity contribution in [3.05, 3.63) is 34.6 Å². The first-order chi connectivity index (χ1) is 10.3.